The summed E-state index contributed by atoms with van der Waals surface area (Å²) >= 11 is 1.84. The Bertz CT molecular complexity index is 660. The highest BCUT2D eigenvalue weighted by Gasteiger charge is 2.22. The van der Waals surface area contributed by atoms with Crippen molar-refractivity contribution in [1.29, 1.82) is 0 Å². The van der Waals surface area contributed by atoms with Crippen LogP contribution in [0.4, 0.5) is 5.69 Å². The first-order valence-electron chi connectivity index (χ1n) is 7.27. The maximum absolute atomic E-state index is 12.9. The van der Waals surface area contributed by atoms with Crippen molar-refractivity contribution in [3.05, 3.63) is 59.2 Å². The number of thioether (sulfide) groups is 1. The molecule has 1 aliphatic heterocycles. The molecule has 1 heterocycles. The number of para-hydroxylation sites is 1. The molecule has 1 amide bonds. The number of nitrogens with zero attached hydrogens (tertiary/aromatic N) is 1. The van der Waals surface area contributed by atoms with Crippen LogP contribution in [0.15, 0.2) is 47.4 Å². The van der Waals surface area contributed by atoms with E-state index < -0.39 is 0 Å². The molecule has 0 radical (unpaired) electrons. The average molecular weight is 297 g/mol. The Hall–Kier alpha value is -1.74. The summed E-state index contributed by atoms with van der Waals surface area (Å²) in [6.07, 6.45) is 1.02. The van der Waals surface area contributed by atoms with Crippen molar-refractivity contribution in [3.8, 4) is 0 Å². The lowest BCUT2D eigenvalue weighted by molar-refractivity contribution is 0.0986. The molecule has 2 aromatic rings. The molecule has 0 unspecified atom stereocenters. The number of hydrogen-bond acceptors (Lipinski definition) is 2. The smallest absolute Gasteiger partial charge is 0.258 e. The highest BCUT2D eigenvalue weighted by molar-refractivity contribution is 7.99. The molecule has 0 spiro atoms. The molecule has 0 aliphatic carbocycles. The number of rotatable bonds is 1. The first-order valence-corrected chi connectivity index (χ1v) is 8.26. The van der Waals surface area contributed by atoms with E-state index in [9.17, 15) is 4.79 Å². The van der Waals surface area contributed by atoms with E-state index in [0.29, 0.717) is 0 Å². The van der Waals surface area contributed by atoms with Crippen molar-refractivity contribution in [3.63, 3.8) is 0 Å². The van der Waals surface area contributed by atoms with E-state index in [1.165, 1.54) is 4.90 Å². The fraction of sp³-hybridized carbons (Fsp3) is 0.278. The second kappa shape index (κ2) is 5.94. The Morgan fingerprint density at radius 3 is 2.57 bits per heavy atom. The van der Waals surface area contributed by atoms with Crippen LogP contribution in [0.2, 0.25) is 0 Å². The van der Waals surface area contributed by atoms with Gasteiger partial charge in [0, 0.05) is 17.0 Å². The minimum atomic E-state index is 0.108. The van der Waals surface area contributed by atoms with Crippen LogP contribution in [0.5, 0.6) is 0 Å². The lowest BCUT2D eigenvalue weighted by Gasteiger charge is -2.23. The van der Waals surface area contributed by atoms with Gasteiger partial charge in [-0.1, -0.05) is 29.3 Å². The summed E-state index contributed by atoms with van der Waals surface area (Å²) in [5.74, 6) is 1.17. The summed E-state index contributed by atoms with van der Waals surface area (Å²) in [5.41, 5.74) is 4.10. The van der Waals surface area contributed by atoms with Gasteiger partial charge in [-0.3, -0.25) is 4.79 Å². The van der Waals surface area contributed by atoms with Crippen LogP contribution in [0, 0.1) is 13.8 Å². The molecule has 0 fully saturated rings. The maximum atomic E-state index is 12.9. The Labute approximate surface area is 130 Å². The lowest BCUT2D eigenvalue weighted by Crippen LogP contribution is -2.31. The van der Waals surface area contributed by atoms with Crippen LogP contribution in [0.3, 0.4) is 0 Å². The van der Waals surface area contributed by atoms with E-state index in [4.69, 9.17) is 0 Å². The highest BCUT2D eigenvalue weighted by Crippen LogP contribution is 2.34. The number of benzene rings is 2. The molecule has 0 N–H and O–H groups in total. The average Bonchev–Trinajstić information content (AvgIpc) is 2.68. The number of aryl methyl sites for hydroxylation is 2. The van der Waals surface area contributed by atoms with Gasteiger partial charge in [-0.25, -0.2) is 0 Å². The molecular weight excluding hydrogens is 278 g/mol. The molecule has 3 heteroatoms. The molecule has 3 rings (SSSR count). The zero-order chi connectivity index (χ0) is 14.8. The van der Waals surface area contributed by atoms with Gasteiger partial charge in [0.15, 0.2) is 0 Å². The molecule has 1 aliphatic rings. The summed E-state index contributed by atoms with van der Waals surface area (Å²) in [5, 5.41) is 0. The number of fused-ring (bicyclic) bond motifs is 1. The van der Waals surface area contributed by atoms with Crippen molar-refractivity contribution in [1.82, 2.24) is 0 Å². The Balaban J connectivity index is 2.01. The molecule has 2 aromatic carbocycles. The van der Waals surface area contributed by atoms with Gasteiger partial charge in [0.2, 0.25) is 0 Å². The number of anilines is 1. The predicted octanol–water partition coefficient (Wildman–Crippen LogP) is 4.45. The van der Waals surface area contributed by atoms with E-state index in [2.05, 4.69) is 12.1 Å². The third-order valence-corrected chi connectivity index (χ3v) is 4.80. The first-order chi connectivity index (χ1) is 10.1. The molecule has 2 nitrogen and oxygen atoms in total. The Morgan fingerprint density at radius 2 is 1.81 bits per heavy atom. The minimum Gasteiger partial charge on any atom is -0.307 e. The van der Waals surface area contributed by atoms with Crippen molar-refractivity contribution in [2.45, 2.75) is 25.2 Å². The van der Waals surface area contributed by atoms with E-state index in [0.717, 1.165) is 41.1 Å². The summed E-state index contributed by atoms with van der Waals surface area (Å²) < 4.78 is 0. The second-order valence-electron chi connectivity index (χ2n) is 5.50. The number of carbonyl (C=O) groups excluding carboxylic acids is 1. The van der Waals surface area contributed by atoms with Crippen molar-refractivity contribution in [2.24, 2.45) is 0 Å². The number of hydrogen-bond donors (Lipinski definition) is 0. The van der Waals surface area contributed by atoms with E-state index in [1.807, 2.05) is 60.8 Å². The molecule has 0 aromatic heterocycles. The van der Waals surface area contributed by atoms with E-state index in [1.54, 1.807) is 0 Å². The van der Waals surface area contributed by atoms with Crippen molar-refractivity contribution >= 4 is 23.4 Å². The van der Waals surface area contributed by atoms with Crippen LogP contribution >= 0.6 is 11.8 Å². The monoisotopic (exact) mass is 297 g/mol. The standard InChI is InChI=1S/C18H19NOS/c1-13-10-14(2)12-15(11-13)18(20)19-8-5-9-21-17-7-4-3-6-16(17)19/h3-4,6-7,10-12H,5,8-9H2,1-2H3. The zero-order valence-electron chi connectivity index (χ0n) is 12.4. The predicted molar refractivity (Wildman–Crippen MR) is 89.4 cm³/mol. The van der Waals surface area contributed by atoms with Gasteiger partial charge in [0.05, 0.1) is 5.69 Å². The minimum absolute atomic E-state index is 0.108. The van der Waals surface area contributed by atoms with Gasteiger partial charge < -0.3 is 4.90 Å². The summed E-state index contributed by atoms with van der Waals surface area (Å²) in [6.45, 7) is 4.86. The number of amides is 1. The van der Waals surface area contributed by atoms with Gasteiger partial charge in [0.25, 0.3) is 5.91 Å². The fourth-order valence-corrected chi connectivity index (χ4v) is 3.79. The summed E-state index contributed by atoms with van der Waals surface area (Å²) in [4.78, 5) is 16.1. The van der Waals surface area contributed by atoms with E-state index in [-0.39, 0.29) is 5.91 Å². The van der Waals surface area contributed by atoms with Crippen LogP contribution < -0.4 is 4.90 Å². The highest BCUT2D eigenvalue weighted by atomic mass is 32.2. The first kappa shape index (κ1) is 14.2. The van der Waals surface area contributed by atoms with Crippen LogP contribution in [-0.4, -0.2) is 18.2 Å². The maximum Gasteiger partial charge on any atom is 0.258 e. The van der Waals surface area contributed by atoms with Gasteiger partial charge in [0.1, 0.15) is 0 Å². The normalized spacial score (nSPS) is 14.5. The van der Waals surface area contributed by atoms with Crippen LogP contribution in [-0.2, 0) is 0 Å². The second-order valence-corrected chi connectivity index (χ2v) is 6.64. The summed E-state index contributed by atoms with van der Waals surface area (Å²) in [6, 6.07) is 14.3. The third-order valence-electron chi connectivity index (χ3n) is 3.65. The van der Waals surface area contributed by atoms with E-state index >= 15 is 0 Å². The van der Waals surface area contributed by atoms with Gasteiger partial charge in [-0.05, 0) is 50.3 Å². The lowest BCUT2D eigenvalue weighted by atomic mass is 10.1. The largest absolute Gasteiger partial charge is 0.307 e. The quantitative estimate of drug-likeness (QED) is 0.775. The van der Waals surface area contributed by atoms with Crippen molar-refractivity contribution < 1.29 is 4.79 Å². The SMILES string of the molecule is Cc1cc(C)cc(C(=O)N2CCCSc3ccccc32)c1. The molecule has 0 saturated carbocycles. The van der Waals surface area contributed by atoms with Gasteiger partial charge in [-0.15, -0.1) is 11.8 Å². The number of carbonyl (C=O) groups is 1. The molecule has 108 valence electrons. The molecular formula is C18H19NOS. The van der Waals surface area contributed by atoms with Crippen LogP contribution in [0.1, 0.15) is 27.9 Å². The van der Waals surface area contributed by atoms with Gasteiger partial charge in [-0.2, -0.15) is 0 Å². The Kier molecular flexibility index (Phi) is 4.02. The molecule has 0 saturated heterocycles. The molecule has 0 atom stereocenters. The topological polar surface area (TPSA) is 20.3 Å². The Morgan fingerprint density at radius 1 is 1.10 bits per heavy atom. The fourth-order valence-electron chi connectivity index (χ4n) is 2.79. The molecule has 21 heavy (non-hydrogen) atoms. The zero-order valence-corrected chi connectivity index (χ0v) is 13.2. The van der Waals surface area contributed by atoms with Gasteiger partial charge >= 0.3 is 0 Å². The summed E-state index contributed by atoms with van der Waals surface area (Å²) in [7, 11) is 0. The molecule has 0 bridgehead atoms. The van der Waals surface area contributed by atoms with Crippen molar-refractivity contribution in [2.75, 3.05) is 17.2 Å². The third kappa shape index (κ3) is 2.98. The van der Waals surface area contributed by atoms with Crippen LogP contribution in [0.25, 0.3) is 0 Å².